The van der Waals surface area contributed by atoms with Crippen molar-refractivity contribution in [2.75, 3.05) is 0 Å². The van der Waals surface area contributed by atoms with Gasteiger partial charge in [-0.1, -0.05) is 182 Å². The summed E-state index contributed by atoms with van der Waals surface area (Å²) in [6.45, 7) is 0. The number of benzene rings is 9. The first-order valence-corrected chi connectivity index (χ1v) is 21.1. The Morgan fingerprint density at radius 3 is 1.29 bits per heavy atom. The van der Waals surface area contributed by atoms with Crippen LogP contribution in [0.25, 0.3) is 116 Å². The van der Waals surface area contributed by atoms with Crippen molar-refractivity contribution in [2.45, 2.75) is 0 Å². The second kappa shape index (κ2) is 14.8. The Morgan fingerprint density at radius 1 is 0.323 bits per heavy atom. The molecule has 3 heteroatoms. The van der Waals surface area contributed by atoms with Gasteiger partial charge in [0.1, 0.15) is 11.2 Å². The minimum absolute atomic E-state index is 0.812. The molecule has 0 N–H and O–H groups in total. The summed E-state index contributed by atoms with van der Waals surface area (Å²) in [5.74, 6) is 0. The molecular weight excluding hydrogens is 753 g/mol. The average molecular weight is 791 g/mol. The van der Waals surface area contributed by atoms with Gasteiger partial charge >= 0.3 is 0 Å². The Balaban J connectivity index is 1.21. The van der Waals surface area contributed by atoms with E-state index in [4.69, 9.17) is 9.40 Å². The van der Waals surface area contributed by atoms with E-state index in [1.807, 2.05) is 18.2 Å². The van der Waals surface area contributed by atoms with Gasteiger partial charge in [0, 0.05) is 44.5 Å². The Hall–Kier alpha value is -8.27. The molecule has 12 aromatic rings. The zero-order valence-corrected chi connectivity index (χ0v) is 33.7. The molecule has 62 heavy (non-hydrogen) atoms. The molecule has 0 fully saturated rings. The van der Waals surface area contributed by atoms with E-state index in [2.05, 4.69) is 217 Å². The first-order chi connectivity index (χ1) is 30.7. The van der Waals surface area contributed by atoms with Gasteiger partial charge in [-0.25, -0.2) is 4.98 Å². The number of furan rings is 1. The largest absolute Gasteiger partial charge is 0.456 e. The van der Waals surface area contributed by atoms with E-state index in [0.717, 1.165) is 83.4 Å². The van der Waals surface area contributed by atoms with Crippen molar-refractivity contribution in [1.82, 2.24) is 9.55 Å². The zero-order chi connectivity index (χ0) is 41.0. The van der Waals surface area contributed by atoms with Crippen LogP contribution in [0.1, 0.15) is 0 Å². The van der Waals surface area contributed by atoms with Crippen molar-refractivity contribution in [3.05, 3.63) is 231 Å². The van der Waals surface area contributed by atoms with Crippen molar-refractivity contribution in [1.29, 1.82) is 0 Å². The summed E-state index contributed by atoms with van der Waals surface area (Å²) in [7, 11) is 0. The third kappa shape index (κ3) is 6.02. The first kappa shape index (κ1) is 35.7. The van der Waals surface area contributed by atoms with Crippen molar-refractivity contribution in [3.63, 3.8) is 0 Å². The highest BCUT2D eigenvalue weighted by molar-refractivity contribution is 6.15. The van der Waals surface area contributed by atoms with E-state index in [1.54, 1.807) is 0 Å². The second-order valence-electron chi connectivity index (χ2n) is 15.9. The average Bonchev–Trinajstić information content (AvgIpc) is 3.89. The molecule has 0 atom stereocenters. The molecule has 0 bridgehead atoms. The van der Waals surface area contributed by atoms with Crippen LogP contribution in [0.15, 0.2) is 235 Å². The molecule has 0 unspecified atom stereocenters. The number of fused-ring (bicyclic) bond motifs is 6. The van der Waals surface area contributed by atoms with Gasteiger partial charge in [0.2, 0.25) is 0 Å². The Morgan fingerprint density at radius 2 is 0.774 bits per heavy atom. The van der Waals surface area contributed by atoms with Crippen LogP contribution in [-0.4, -0.2) is 9.55 Å². The van der Waals surface area contributed by atoms with Crippen LogP contribution in [0.3, 0.4) is 0 Å². The molecule has 9 aromatic carbocycles. The normalized spacial score (nSPS) is 11.5. The van der Waals surface area contributed by atoms with Crippen molar-refractivity contribution in [2.24, 2.45) is 0 Å². The number of pyridine rings is 1. The molecular formula is C59H38N2O. The number of aromatic nitrogens is 2. The van der Waals surface area contributed by atoms with E-state index in [9.17, 15) is 0 Å². The minimum Gasteiger partial charge on any atom is -0.456 e. The predicted molar refractivity (Wildman–Crippen MR) is 258 cm³/mol. The lowest BCUT2D eigenvalue weighted by Gasteiger charge is -2.21. The summed E-state index contributed by atoms with van der Waals surface area (Å²) < 4.78 is 9.12. The molecule has 3 heterocycles. The molecule has 0 aliphatic heterocycles. The van der Waals surface area contributed by atoms with Crippen LogP contribution in [0, 0.1) is 0 Å². The summed E-state index contributed by atoms with van der Waals surface area (Å²) in [5, 5.41) is 4.45. The Bertz CT molecular complexity index is 3430. The van der Waals surface area contributed by atoms with Gasteiger partial charge in [0.05, 0.1) is 33.5 Å². The Kier molecular flexibility index (Phi) is 8.50. The molecule has 12 rings (SSSR count). The Labute approximate surface area is 359 Å². The smallest absolute Gasteiger partial charge is 0.139 e. The highest BCUT2D eigenvalue weighted by Gasteiger charge is 2.25. The van der Waals surface area contributed by atoms with E-state index in [0.29, 0.717) is 0 Å². The molecule has 290 valence electrons. The van der Waals surface area contributed by atoms with Crippen LogP contribution < -0.4 is 0 Å². The first-order valence-electron chi connectivity index (χ1n) is 21.1. The number of hydrogen-bond donors (Lipinski definition) is 0. The van der Waals surface area contributed by atoms with Crippen molar-refractivity contribution in [3.8, 4) is 72.7 Å². The van der Waals surface area contributed by atoms with Crippen LogP contribution in [0.4, 0.5) is 0 Å². The third-order valence-electron chi connectivity index (χ3n) is 12.2. The molecule has 0 aliphatic rings. The van der Waals surface area contributed by atoms with Crippen molar-refractivity contribution < 1.29 is 4.42 Å². The van der Waals surface area contributed by atoms with Gasteiger partial charge in [0.25, 0.3) is 0 Å². The summed E-state index contributed by atoms with van der Waals surface area (Å²) in [6, 6.07) is 82.4. The van der Waals surface area contributed by atoms with Gasteiger partial charge in [-0.3, -0.25) is 0 Å². The summed E-state index contributed by atoms with van der Waals surface area (Å²) in [4.78, 5) is 5.54. The molecule has 0 saturated heterocycles. The molecule has 0 radical (unpaired) electrons. The highest BCUT2D eigenvalue weighted by Crippen LogP contribution is 2.47. The highest BCUT2D eigenvalue weighted by atomic mass is 16.3. The summed E-state index contributed by atoms with van der Waals surface area (Å²) in [5.41, 5.74) is 18.0. The maximum atomic E-state index is 6.62. The molecule has 3 nitrogen and oxygen atoms in total. The summed E-state index contributed by atoms with van der Waals surface area (Å²) in [6.07, 6.45) is 0. The number of hydrogen-bond acceptors (Lipinski definition) is 2. The molecule has 0 aliphatic carbocycles. The molecule has 0 spiro atoms. The van der Waals surface area contributed by atoms with Gasteiger partial charge in [-0.15, -0.1) is 0 Å². The van der Waals surface area contributed by atoms with E-state index >= 15 is 0 Å². The van der Waals surface area contributed by atoms with Crippen molar-refractivity contribution >= 4 is 43.7 Å². The van der Waals surface area contributed by atoms with Gasteiger partial charge in [-0.05, 0) is 75.8 Å². The number of rotatable bonds is 7. The maximum absolute atomic E-state index is 6.62. The van der Waals surface area contributed by atoms with E-state index < -0.39 is 0 Å². The van der Waals surface area contributed by atoms with E-state index in [-0.39, 0.29) is 0 Å². The fourth-order valence-electron chi connectivity index (χ4n) is 9.28. The van der Waals surface area contributed by atoms with Gasteiger partial charge in [-0.2, -0.15) is 0 Å². The van der Waals surface area contributed by atoms with Crippen LogP contribution in [0.2, 0.25) is 0 Å². The quantitative estimate of drug-likeness (QED) is 0.161. The SMILES string of the molecule is c1ccc(-c2ccc3c(c2)c2cc(-c4ccccc4)ccc2n3-c2c(-c3ccccc3)cc(-c3nc(-c4ccccc4)cc4oc5ccccc5c34)cc2-c2ccccc2)cc1. The fourth-order valence-corrected chi connectivity index (χ4v) is 9.28. The minimum atomic E-state index is 0.812. The fraction of sp³-hybridized carbons (Fsp3) is 0. The van der Waals surface area contributed by atoms with Crippen LogP contribution in [0.5, 0.6) is 0 Å². The molecule has 0 amide bonds. The second-order valence-corrected chi connectivity index (χ2v) is 15.9. The molecule has 3 aromatic heterocycles. The lowest BCUT2D eigenvalue weighted by Crippen LogP contribution is -2.02. The summed E-state index contributed by atoms with van der Waals surface area (Å²) >= 11 is 0. The standard InChI is InChI=1S/C59H38N2O/c1-6-18-39(19-7-1)44-30-32-53-50(34-44)51-35-45(40-20-8-2-9-21-40)31-33-54(51)61(53)59-48(41-22-10-3-11-23-41)36-46(37-49(59)42-24-12-4-13-25-42)58-57-47-28-16-17-29-55(47)62-56(57)38-52(60-58)43-26-14-5-15-27-43/h1-38H. The maximum Gasteiger partial charge on any atom is 0.139 e. The lowest BCUT2D eigenvalue weighted by molar-refractivity contribution is 0.669. The monoisotopic (exact) mass is 790 g/mol. The van der Waals surface area contributed by atoms with Crippen LogP contribution >= 0.6 is 0 Å². The number of nitrogens with zero attached hydrogens (tertiary/aromatic N) is 2. The van der Waals surface area contributed by atoms with Crippen LogP contribution in [-0.2, 0) is 0 Å². The molecule has 0 saturated carbocycles. The van der Waals surface area contributed by atoms with Gasteiger partial charge in [0.15, 0.2) is 0 Å². The predicted octanol–water partition coefficient (Wildman–Crippen LogP) is 16.1. The number of para-hydroxylation sites is 1. The van der Waals surface area contributed by atoms with E-state index in [1.165, 1.54) is 33.0 Å². The zero-order valence-electron chi connectivity index (χ0n) is 33.7. The topological polar surface area (TPSA) is 31.0 Å². The third-order valence-corrected chi connectivity index (χ3v) is 12.2. The van der Waals surface area contributed by atoms with Gasteiger partial charge < -0.3 is 8.98 Å². The lowest BCUT2D eigenvalue weighted by atomic mass is 9.90.